The summed E-state index contributed by atoms with van der Waals surface area (Å²) in [6, 6.07) is 0. The molecule has 1 saturated heterocycles. The molecular weight excluding hydrogens is 459 g/mol. The molecule has 2 nitrogen and oxygen atoms in total. The van der Waals surface area contributed by atoms with Crippen molar-refractivity contribution in [1.29, 1.82) is 0 Å². The van der Waals surface area contributed by atoms with Gasteiger partial charge in [-0.1, -0.05) is 34.7 Å². The third-order valence-corrected chi connectivity index (χ3v) is 9.11. The van der Waals surface area contributed by atoms with Crippen molar-refractivity contribution >= 4 is 22.6 Å². The minimum atomic E-state index is 0.00102. The number of alkyl halides is 1. The zero-order valence-electron chi connectivity index (χ0n) is 17.7. The van der Waals surface area contributed by atoms with Gasteiger partial charge in [-0.15, -0.1) is 0 Å². The molecule has 0 amide bonds. The first-order valence-corrected chi connectivity index (χ1v) is 13.2. The fourth-order valence-corrected chi connectivity index (χ4v) is 6.56. The van der Waals surface area contributed by atoms with Crippen molar-refractivity contribution in [2.24, 2.45) is 23.7 Å². The molecule has 1 aliphatic heterocycles. The van der Waals surface area contributed by atoms with E-state index < -0.39 is 0 Å². The Morgan fingerprint density at radius 2 is 1.43 bits per heavy atom. The molecule has 0 radical (unpaired) electrons. The lowest BCUT2D eigenvalue weighted by Gasteiger charge is -2.35. The third-order valence-electron chi connectivity index (χ3n) is 7.87. The Morgan fingerprint density at radius 3 is 2.04 bits per heavy atom. The minimum absolute atomic E-state index is 0.00102. The molecule has 0 spiro atoms. The highest BCUT2D eigenvalue weighted by atomic mass is 127. The smallest absolute Gasteiger partial charge is 0.154 e. The maximum atomic E-state index is 5.64. The normalized spacial score (nSPS) is 39.9. The van der Waals surface area contributed by atoms with Crippen molar-refractivity contribution in [2.75, 3.05) is 13.2 Å². The van der Waals surface area contributed by atoms with Gasteiger partial charge in [0.1, 0.15) is 0 Å². The van der Waals surface area contributed by atoms with Crippen LogP contribution in [0.25, 0.3) is 0 Å². The summed E-state index contributed by atoms with van der Waals surface area (Å²) in [6.07, 6.45) is 21.9. The number of allylic oxidation sites excluding steroid dienone is 4. The Labute approximate surface area is 186 Å². The molecule has 3 heteroatoms. The van der Waals surface area contributed by atoms with Gasteiger partial charge in [0.2, 0.25) is 0 Å². The average molecular weight is 498 g/mol. The van der Waals surface area contributed by atoms with E-state index in [1.807, 2.05) is 6.92 Å². The molecule has 0 aromatic heterocycles. The molecule has 3 aliphatic carbocycles. The number of ether oxygens (including phenoxy) is 2. The fraction of sp³-hybridized carbons (Fsp3) is 0.840. The minimum Gasteiger partial charge on any atom is -0.353 e. The lowest BCUT2D eigenvalue weighted by molar-refractivity contribution is -0.191. The van der Waals surface area contributed by atoms with E-state index in [4.69, 9.17) is 9.47 Å². The van der Waals surface area contributed by atoms with Crippen LogP contribution in [0.4, 0.5) is 0 Å². The molecule has 1 heterocycles. The first-order valence-electron chi connectivity index (χ1n) is 11.9. The van der Waals surface area contributed by atoms with Crippen molar-refractivity contribution in [3.63, 3.8) is 0 Å². The highest BCUT2D eigenvalue weighted by Gasteiger charge is 2.29. The predicted molar refractivity (Wildman–Crippen MR) is 125 cm³/mol. The van der Waals surface area contributed by atoms with E-state index in [9.17, 15) is 0 Å². The molecule has 0 bridgehead atoms. The molecule has 2 atom stereocenters. The second-order valence-electron chi connectivity index (χ2n) is 9.82. The van der Waals surface area contributed by atoms with E-state index in [0.29, 0.717) is 5.92 Å². The fourth-order valence-electron chi connectivity index (χ4n) is 5.84. The maximum Gasteiger partial charge on any atom is 0.154 e. The molecule has 0 N–H and O–H groups in total. The molecule has 4 rings (SSSR count). The van der Waals surface area contributed by atoms with Crippen LogP contribution in [0.1, 0.15) is 84.0 Å². The molecule has 2 fully saturated rings. The van der Waals surface area contributed by atoms with Crippen LogP contribution in [0.5, 0.6) is 0 Å². The highest BCUT2D eigenvalue weighted by molar-refractivity contribution is 14.1. The molecular formula is C25H39IO2. The molecule has 28 heavy (non-hydrogen) atoms. The topological polar surface area (TPSA) is 18.5 Å². The number of hydrogen-bond donors (Lipinski definition) is 0. The first-order chi connectivity index (χ1) is 13.7. The second kappa shape index (κ2) is 10.4. The van der Waals surface area contributed by atoms with E-state index in [1.54, 1.807) is 11.1 Å². The molecule has 2 unspecified atom stereocenters. The number of halogens is 1. The van der Waals surface area contributed by atoms with E-state index in [-0.39, 0.29) is 6.29 Å². The van der Waals surface area contributed by atoms with Gasteiger partial charge in [-0.05, 0) is 113 Å². The summed E-state index contributed by atoms with van der Waals surface area (Å²) in [4.78, 5) is 0. The van der Waals surface area contributed by atoms with Gasteiger partial charge in [0.15, 0.2) is 6.29 Å². The summed E-state index contributed by atoms with van der Waals surface area (Å²) in [6.45, 7) is 3.78. The quantitative estimate of drug-likeness (QED) is 0.294. The van der Waals surface area contributed by atoms with Gasteiger partial charge in [-0.3, -0.25) is 0 Å². The summed E-state index contributed by atoms with van der Waals surface area (Å²) in [5, 5.41) is 0. The van der Waals surface area contributed by atoms with Crippen molar-refractivity contribution in [1.82, 2.24) is 0 Å². The molecule has 0 aromatic carbocycles. The standard InChI is InChI=1S/C25H39IO2/c1-18-27-16-20(17-28-18)3-2-19-4-6-21(7-5-19)22-8-10-23(11-9-22)24-12-14-25(26)15-13-24/h6,8,18-20,23-25H,2-5,7,9-17H2,1H3. The second-order valence-corrected chi connectivity index (χ2v) is 11.6. The van der Waals surface area contributed by atoms with E-state index in [2.05, 4.69) is 34.7 Å². The lowest BCUT2D eigenvalue weighted by atomic mass is 9.72. The zero-order valence-corrected chi connectivity index (χ0v) is 19.9. The number of hydrogen-bond acceptors (Lipinski definition) is 2. The zero-order chi connectivity index (χ0) is 19.3. The summed E-state index contributed by atoms with van der Waals surface area (Å²) < 4.78 is 12.2. The summed E-state index contributed by atoms with van der Waals surface area (Å²) in [5.41, 5.74) is 3.41. The largest absolute Gasteiger partial charge is 0.353 e. The van der Waals surface area contributed by atoms with Crippen LogP contribution in [0.3, 0.4) is 0 Å². The van der Waals surface area contributed by atoms with E-state index >= 15 is 0 Å². The van der Waals surface area contributed by atoms with Crippen LogP contribution in [0.2, 0.25) is 0 Å². The van der Waals surface area contributed by atoms with E-state index in [0.717, 1.165) is 34.9 Å². The first kappa shape index (κ1) is 21.4. The van der Waals surface area contributed by atoms with E-state index in [1.165, 1.54) is 77.0 Å². The van der Waals surface area contributed by atoms with Crippen molar-refractivity contribution in [3.05, 3.63) is 23.3 Å². The van der Waals surface area contributed by atoms with Gasteiger partial charge in [0, 0.05) is 9.84 Å². The molecule has 1 saturated carbocycles. The predicted octanol–water partition coefficient (Wildman–Crippen LogP) is 7.22. The maximum absolute atomic E-state index is 5.64. The Hall–Kier alpha value is 0.130. The summed E-state index contributed by atoms with van der Waals surface area (Å²) in [7, 11) is 0. The van der Waals surface area contributed by atoms with Crippen LogP contribution < -0.4 is 0 Å². The molecule has 158 valence electrons. The Morgan fingerprint density at radius 1 is 0.786 bits per heavy atom. The van der Waals surface area contributed by atoms with Gasteiger partial charge >= 0.3 is 0 Å². The Bertz CT molecular complexity index is 553. The Balaban J connectivity index is 1.20. The van der Waals surface area contributed by atoms with Crippen molar-refractivity contribution < 1.29 is 9.47 Å². The highest BCUT2D eigenvalue weighted by Crippen LogP contribution is 2.42. The van der Waals surface area contributed by atoms with Gasteiger partial charge in [0.05, 0.1) is 13.2 Å². The lowest BCUT2D eigenvalue weighted by Crippen LogP contribution is -2.30. The summed E-state index contributed by atoms with van der Waals surface area (Å²) >= 11 is 2.66. The van der Waals surface area contributed by atoms with Crippen LogP contribution in [0.15, 0.2) is 23.3 Å². The van der Waals surface area contributed by atoms with Crippen molar-refractivity contribution in [3.8, 4) is 0 Å². The van der Waals surface area contributed by atoms with Gasteiger partial charge in [-0.2, -0.15) is 0 Å². The average Bonchev–Trinajstić information content (AvgIpc) is 2.74. The SMILES string of the molecule is CC1OCC(CCC2CC=C(C3=CCC(C4CCC(I)CC4)CC3)CC2)CO1. The monoisotopic (exact) mass is 498 g/mol. The van der Waals surface area contributed by atoms with Crippen LogP contribution in [0, 0.1) is 23.7 Å². The van der Waals surface area contributed by atoms with Crippen LogP contribution in [-0.4, -0.2) is 23.4 Å². The van der Waals surface area contributed by atoms with Gasteiger partial charge in [-0.25, -0.2) is 0 Å². The molecule has 0 aromatic rings. The Kier molecular flexibility index (Phi) is 7.96. The summed E-state index contributed by atoms with van der Waals surface area (Å²) in [5.74, 6) is 3.49. The van der Waals surface area contributed by atoms with Gasteiger partial charge in [0.25, 0.3) is 0 Å². The number of rotatable bonds is 5. The third kappa shape index (κ3) is 5.85. The molecule has 4 aliphatic rings. The van der Waals surface area contributed by atoms with Crippen LogP contribution >= 0.6 is 22.6 Å². The van der Waals surface area contributed by atoms with Crippen molar-refractivity contribution in [2.45, 2.75) is 94.2 Å². The van der Waals surface area contributed by atoms with Gasteiger partial charge < -0.3 is 9.47 Å². The van der Waals surface area contributed by atoms with Crippen LogP contribution in [-0.2, 0) is 9.47 Å².